The van der Waals surface area contributed by atoms with Crippen LogP contribution in [0.25, 0.3) is 5.70 Å². The number of allylic oxidation sites excluding steroid dienone is 1. The number of hydrazine groups is 1. The van der Waals surface area contributed by atoms with Crippen molar-refractivity contribution in [3.63, 3.8) is 0 Å². The van der Waals surface area contributed by atoms with Crippen LogP contribution in [0.3, 0.4) is 0 Å². The Kier molecular flexibility index (Phi) is 7.25. The molecule has 5 rings (SSSR count). The first-order valence-corrected chi connectivity index (χ1v) is 16.1. The van der Waals surface area contributed by atoms with Gasteiger partial charge in [0.1, 0.15) is 8.42 Å². The van der Waals surface area contributed by atoms with Crippen molar-refractivity contribution in [2.45, 2.75) is 21.3 Å². The molecule has 2 aromatic heterocycles. The summed E-state index contributed by atoms with van der Waals surface area (Å²) < 4.78 is 56.3. The van der Waals surface area contributed by atoms with Gasteiger partial charge in [-0.15, -0.1) is 22.7 Å². The first kappa shape index (κ1) is 26.0. The number of sulfonamides is 2. The van der Waals surface area contributed by atoms with Gasteiger partial charge in [0.15, 0.2) is 0 Å². The van der Waals surface area contributed by atoms with Crippen LogP contribution in [-0.4, -0.2) is 22.7 Å². The van der Waals surface area contributed by atoms with E-state index in [1.807, 2.05) is 30.3 Å². The Morgan fingerprint density at radius 1 is 0.763 bits per heavy atom. The molecule has 2 heterocycles. The van der Waals surface area contributed by atoms with Gasteiger partial charge in [-0.25, -0.2) is 16.8 Å². The SMILES string of the molecule is O=C(NNC1=CCCc2ccccc21)c1cc(NS(=O)(=O)c2cccs2)cc(NS(=O)(=O)c2cccs2)c1. The number of fused-ring (bicyclic) bond motifs is 1. The first-order valence-electron chi connectivity index (χ1n) is 11.3. The Bertz CT molecular complexity index is 1630. The highest BCUT2D eigenvalue weighted by Crippen LogP contribution is 2.27. The number of aryl methyl sites for hydroxylation is 1. The summed E-state index contributed by atoms with van der Waals surface area (Å²) in [5.41, 5.74) is 8.54. The molecule has 13 heteroatoms. The zero-order chi connectivity index (χ0) is 26.8. The Labute approximate surface area is 228 Å². The zero-order valence-corrected chi connectivity index (χ0v) is 22.9. The van der Waals surface area contributed by atoms with E-state index in [0.717, 1.165) is 52.3 Å². The van der Waals surface area contributed by atoms with E-state index >= 15 is 0 Å². The van der Waals surface area contributed by atoms with Gasteiger partial charge in [0, 0.05) is 11.1 Å². The van der Waals surface area contributed by atoms with Crippen molar-refractivity contribution in [1.29, 1.82) is 0 Å². The first-order chi connectivity index (χ1) is 18.2. The van der Waals surface area contributed by atoms with Crippen molar-refractivity contribution < 1.29 is 21.6 Å². The Balaban J connectivity index is 1.43. The summed E-state index contributed by atoms with van der Waals surface area (Å²) in [5, 5.41) is 3.26. The molecule has 4 N–H and O–H groups in total. The van der Waals surface area contributed by atoms with Gasteiger partial charge >= 0.3 is 0 Å². The average molecular weight is 587 g/mol. The van der Waals surface area contributed by atoms with Crippen LogP contribution in [-0.2, 0) is 26.5 Å². The molecule has 196 valence electrons. The molecule has 38 heavy (non-hydrogen) atoms. The van der Waals surface area contributed by atoms with Crippen LogP contribution >= 0.6 is 22.7 Å². The van der Waals surface area contributed by atoms with Gasteiger partial charge in [-0.2, -0.15) is 0 Å². The lowest BCUT2D eigenvalue weighted by atomic mass is 9.95. The quantitative estimate of drug-likeness (QED) is 0.211. The van der Waals surface area contributed by atoms with Gasteiger partial charge in [0.2, 0.25) is 0 Å². The number of amides is 1. The maximum Gasteiger partial charge on any atom is 0.271 e. The lowest BCUT2D eigenvalue weighted by Gasteiger charge is -2.20. The Hall–Kier alpha value is -3.65. The smallest absolute Gasteiger partial charge is 0.271 e. The summed E-state index contributed by atoms with van der Waals surface area (Å²) in [6, 6.07) is 18.0. The molecule has 1 amide bonds. The molecule has 4 aromatic rings. The molecule has 0 atom stereocenters. The van der Waals surface area contributed by atoms with Crippen molar-refractivity contribution >= 4 is 65.7 Å². The summed E-state index contributed by atoms with van der Waals surface area (Å²) in [6.07, 6.45) is 3.69. The van der Waals surface area contributed by atoms with E-state index in [2.05, 4.69) is 20.3 Å². The standard InChI is InChI=1S/C25H22N4O5S4/c30-25(27-26-22-9-3-7-17-6-1-2-8-21(17)22)18-14-19(28-37(31,32)23-10-4-12-35-23)16-20(15-18)29-38(33,34)24-11-5-13-36-24/h1-2,4-6,8-16,26,28-29H,3,7H2,(H,27,30). The van der Waals surface area contributed by atoms with Crippen molar-refractivity contribution in [1.82, 2.24) is 10.9 Å². The maximum atomic E-state index is 13.1. The fourth-order valence-electron chi connectivity index (χ4n) is 3.92. The number of nitrogens with one attached hydrogen (secondary N) is 4. The molecule has 0 aliphatic heterocycles. The second-order valence-corrected chi connectivity index (χ2v) is 14.0. The lowest BCUT2D eigenvalue weighted by Crippen LogP contribution is -2.36. The summed E-state index contributed by atoms with van der Waals surface area (Å²) in [6.45, 7) is 0. The molecule has 0 saturated heterocycles. The number of hydrogen-bond donors (Lipinski definition) is 4. The molecular formula is C25H22N4O5S4. The van der Waals surface area contributed by atoms with Gasteiger partial charge < -0.3 is 0 Å². The molecule has 0 fully saturated rings. The minimum Gasteiger partial charge on any atom is -0.298 e. The second-order valence-electron chi connectivity index (χ2n) is 8.27. The number of carbonyl (C=O) groups is 1. The van der Waals surface area contributed by atoms with Gasteiger partial charge in [0.25, 0.3) is 26.0 Å². The van der Waals surface area contributed by atoms with Gasteiger partial charge in [-0.05, 0) is 59.5 Å². The number of benzene rings is 2. The normalized spacial score (nSPS) is 13.2. The molecule has 0 bridgehead atoms. The van der Waals surface area contributed by atoms with Crippen LogP contribution < -0.4 is 20.3 Å². The number of anilines is 2. The van der Waals surface area contributed by atoms with Gasteiger partial charge in [0.05, 0.1) is 17.1 Å². The van der Waals surface area contributed by atoms with E-state index in [1.54, 1.807) is 22.9 Å². The van der Waals surface area contributed by atoms with Crippen LogP contribution in [0, 0.1) is 0 Å². The molecule has 0 saturated carbocycles. The fraction of sp³-hybridized carbons (Fsp3) is 0.0800. The third-order valence-electron chi connectivity index (χ3n) is 5.60. The van der Waals surface area contributed by atoms with Crippen LogP contribution in [0.4, 0.5) is 11.4 Å². The summed E-state index contributed by atoms with van der Waals surface area (Å²) in [7, 11) is -7.88. The molecule has 0 spiro atoms. The highest BCUT2D eigenvalue weighted by atomic mass is 32.3. The minimum absolute atomic E-state index is 0.0251. The topological polar surface area (TPSA) is 133 Å². The molecule has 0 radical (unpaired) electrons. The lowest BCUT2D eigenvalue weighted by molar-refractivity contribution is 0.0942. The molecule has 0 unspecified atom stereocenters. The zero-order valence-electron chi connectivity index (χ0n) is 19.7. The van der Waals surface area contributed by atoms with Crippen LogP contribution in [0.2, 0.25) is 0 Å². The third-order valence-corrected chi connectivity index (χ3v) is 11.2. The van der Waals surface area contributed by atoms with Crippen molar-refractivity contribution in [2.75, 3.05) is 9.44 Å². The molecule has 2 aromatic carbocycles. The van der Waals surface area contributed by atoms with E-state index < -0.39 is 26.0 Å². The predicted molar refractivity (Wildman–Crippen MR) is 150 cm³/mol. The maximum absolute atomic E-state index is 13.1. The summed E-state index contributed by atoms with van der Waals surface area (Å²) in [5.74, 6) is -0.581. The molecular weight excluding hydrogens is 565 g/mol. The number of hydrogen-bond acceptors (Lipinski definition) is 8. The number of carbonyl (C=O) groups excluding carboxylic acids is 1. The highest BCUT2D eigenvalue weighted by Gasteiger charge is 2.21. The number of thiophene rings is 2. The van der Waals surface area contributed by atoms with E-state index in [1.165, 1.54) is 30.3 Å². The summed E-state index contributed by atoms with van der Waals surface area (Å²) in [4.78, 5) is 13.1. The second kappa shape index (κ2) is 10.6. The predicted octanol–water partition coefficient (Wildman–Crippen LogP) is 4.63. The van der Waals surface area contributed by atoms with Crippen LogP contribution in [0.15, 0.2) is 92.0 Å². The fourth-order valence-corrected chi connectivity index (χ4v) is 7.98. The molecule has 9 nitrogen and oxygen atoms in total. The van der Waals surface area contributed by atoms with E-state index in [0.29, 0.717) is 0 Å². The number of rotatable bonds is 9. The minimum atomic E-state index is -3.94. The van der Waals surface area contributed by atoms with Crippen molar-refractivity contribution in [3.8, 4) is 0 Å². The Morgan fingerprint density at radius 2 is 1.37 bits per heavy atom. The Morgan fingerprint density at radius 3 is 1.95 bits per heavy atom. The molecule has 1 aliphatic rings. The van der Waals surface area contributed by atoms with E-state index in [4.69, 9.17) is 0 Å². The average Bonchev–Trinajstić information content (AvgIpc) is 3.62. The third kappa shape index (κ3) is 5.75. The van der Waals surface area contributed by atoms with E-state index in [9.17, 15) is 21.6 Å². The van der Waals surface area contributed by atoms with E-state index in [-0.39, 0.29) is 25.4 Å². The van der Waals surface area contributed by atoms with Crippen molar-refractivity contribution in [3.05, 3.63) is 100 Å². The van der Waals surface area contributed by atoms with Crippen LogP contribution in [0.1, 0.15) is 27.9 Å². The highest BCUT2D eigenvalue weighted by molar-refractivity contribution is 7.95. The van der Waals surface area contributed by atoms with Gasteiger partial charge in [-0.3, -0.25) is 25.1 Å². The monoisotopic (exact) mass is 586 g/mol. The summed E-state index contributed by atoms with van der Waals surface area (Å²) >= 11 is 2.07. The largest absolute Gasteiger partial charge is 0.298 e. The van der Waals surface area contributed by atoms with Gasteiger partial charge in [-0.1, -0.05) is 42.5 Å². The van der Waals surface area contributed by atoms with Crippen LogP contribution in [0.5, 0.6) is 0 Å². The van der Waals surface area contributed by atoms with Crippen molar-refractivity contribution in [2.24, 2.45) is 0 Å². The molecule has 1 aliphatic carbocycles.